The minimum atomic E-state index is -0.369. The number of nitrogens with one attached hydrogen (secondary N) is 1. The van der Waals surface area contributed by atoms with Crippen molar-refractivity contribution >= 4 is 29.0 Å². The zero-order valence-corrected chi connectivity index (χ0v) is 11.3. The van der Waals surface area contributed by atoms with Gasteiger partial charge < -0.3 is 4.74 Å². The third kappa shape index (κ3) is 2.64. The van der Waals surface area contributed by atoms with E-state index in [-0.39, 0.29) is 5.97 Å². The zero-order chi connectivity index (χ0) is 14.7. The molecular weight excluding hydrogens is 268 g/mol. The highest BCUT2D eigenvalue weighted by molar-refractivity contribution is 5.97. The molecule has 0 aliphatic heterocycles. The third-order valence-electron chi connectivity index (χ3n) is 3.05. The summed E-state index contributed by atoms with van der Waals surface area (Å²) in [4.78, 5) is 11.6. The second-order valence-electron chi connectivity index (χ2n) is 4.37. The maximum absolute atomic E-state index is 11.6. The molecule has 0 spiro atoms. The van der Waals surface area contributed by atoms with Crippen molar-refractivity contribution in [2.75, 3.05) is 7.11 Å². The van der Waals surface area contributed by atoms with Crippen LogP contribution in [-0.2, 0) is 4.74 Å². The van der Waals surface area contributed by atoms with Gasteiger partial charge in [0, 0.05) is 5.39 Å². The molecule has 0 aliphatic rings. The molecule has 0 amide bonds. The van der Waals surface area contributed by atoms with Crippen LogP contribution in [0.1, 0.15) is 21.6 Å². The van der Waals surface area contributed by atoms with Crippen molar-refractivity contribution in [1.82, 2.24) is 20.4 Å². The van der Waals surface area contributed by atoms with Gasteiger partial charge in [0.25, 0.3) is 0 Å². The second kappa shape index (κ2) is 5.54. The van der Waals surface area contributed by atoms with Gasteiger partial charge in [0.15, 0.2) is 0 Å². The van der Waals surface area contributed by atoms with Crippen molar-refractivity contribution in [1.29, 1.82) is 0 Å². The lowest BCUT2D eigenvalue weighted by atomic mass is 10.1. The fourth-order valence-corrected chi connectivity index (χ4v) is 1.98. The fourth-order valence-electron chi connectivity index (χ4n) is 1.98. The highest BCUT2D eigenvalue weighted by Gasteiger charge is 2.09. The van der Waals surface area contributed by atoms with Gasteiger partial charge in [-0.25, -0.2) is 4.79 Å². The molecule has 0 radical (unpaired) electrons. The molecule has 0 bridgehead atoms. The van der Waals surface area contributed by atoms with Crippen LogP contribution in [0.25, 0.3) is 23.1 Å². The average Bonchev–Trinajstić information content (AvgIpc) is 2.95. The molecule has 104 valence electrons. The van der Waals surface area contributed by atoms with Gasteiger partial charge in [-0.15, -0.1) is 0 Å². The molecule has 21 heavy (non-hydrogen) atoms. The van der Waals surface area contributed by atoms with Crippen molar-refractivity contribution in [2.45, 2.75) is 0 Å². The molecule has 0 fully saturated rings. The molecule has 0 aliphatic carbocycles. The highest BCUT2D eigenvalue weighted by Crippen LogP contribution is 2.20. The van der Waals surface area contributed by atoms with E-state index in [1.165, 1.54) is 7.11 Å². The Bertz CT molecular complexity index is 809. The maximum Gasteiger partial charge on any atom is 0.337 e. The number of carbonyl (C=O) groups is 1. The summed E-state index contributed by atoms with van der Waals surface area (Å²) in [5.74, 6) is -0.369. The molecule has 3 aromatic rings. The molecule has 0 unspecified atom stereocenters. The number of methoxy groups -OCH3 is 1. The van der Waals surface area contributed by atoms with Crippen molar-refractivity contribution in [2.24, 2.45) is 0 Å². The van der Waals surface area contributed by atoms with Gasteiger partial charge in [0.05, 0.1) is 36.3 Å². The number of ether oxygens (including phenoxy) is 1. The normalized spacial score (nSPS) is 11.1. The first-order valence-corrected chi connectivity index (χ1v) is 6.29. The van der Waals surface area contributed by atoms with Gasteiger partial charge in [0.2, 0.25) is 0 Å². The number of esters is 1. The lowest BCUT2D eigenvalue weighted by molar-refractivity contribution is 0.0601. The Morgan fingerprint density at radius 2 is 2.14 bits per heavy atom. The fraction of sp³-hybridized carbons (Fsp3) is 0.0667. The molecule has 1 aromatic carbocycles. The summed E-state index contributed by atoms with van der Waals surface area (Å²) in [6, 6.07) is 7.11. The van der Waals surface area contributed by atoms with E-state index in [0.29, 0.717) is 5.56 Å². The summed E-state index contributed by atoms with van der Waals surface area (Å²) < 4.78 is 4.73. The number of aromatic amines is 1. The van der Waals surface area contributed by atoms with E-state index in [9.17, 15) is 4.79 Å². The first-order chi connectivity index (χ1) is 10.3. The average molecular weight is 280 g/mol. The number of carbonyl (C=O) groups excluding carboxylic acids is 1. The van der Waals surface area contributed by atoms with Crippen molar-refractivity contribution in [3.8, 4) is 0 Å². The zero-order valence-electron chi connectivity index (χ0n) is 11.3. The predicted octanol–water partition coefficient (Wildman–Crippen LogP) is 2.31. The molecule has 3 rings (SSSR count). The molecular formula is C15H12N4O2. The first-order valence-electron chi connectivity index (χ1n) is 6.29. The van der Waals surface area contributed by atoms with Gasteiger partial charge in [-0.05, 0) is 35.9 Å². The molecule has 1 N–H and O–H groups in total. The van der Waals surface area contributed by atoms with Gasteiger partial charge in [-0.3, -0.25) is 5.10 Å². The number of hydrogen-bond donors (Lipinski definition) is 1. The first kappa shape index (κ1) is 13.0. The molecule has 2 heterocycles. The van der Waals surface area contributed by atoms with Crippen molar-refractivity contribution < 1.29 is 9.53 Å². The van der Waals surface area contributed by atoms with Crippen LogP contribution in [-0.4, -0.2) is 33.5 Å². The SMILES string of the molecule is COC(=O)c1ccc2[nH]nc(/C=C/c3ccnnc3)c2c1. The number of benzene rings is 1. The van der Waals surface area contributed by atoms with Gasteiger partial charge >= 0.3 is 5.97 Å². The van der Waals surface area contributed by atoms with E-state index in [4.69, 9.17) is 4.74 Å². The number of aromatic nitrogens is 4. The highest BCUT2D eigenvalue weighted by atomic mass is 16.5. The standard InChI is InChI=1S/C15H12N4O2/c1-21-15(20)11-3-5-14-12(8-11)13(18-19-14)4-2-10-6-7-16-17-9-10/h2-9H,1H3,(H,18,19)/b4-2+. The minimum absolute atomic E-state index is 0.369. The largest absolute Gasteiger partial charge is 0.465 e. The summed E-state index contributed by atoms with van der Waals surface area (Å²) >= 11 is 0. The summed E-state index contributed by atoms with van der Waals surface area (Å²) in [7, 11) is 1.36. The third-order valence-corrected chi connectivity index (χ3v) is 3.05. The van der Waals surface area contributed by atoms with Gasteiger partial charge in [-0.2, -0.15) is 15.3 Å². The number of H-pyrrole nitrogens is 1. The van der Waals surface area contributed by atoms with Crippen LogP contribution in [0, 0.1) is 0 Å². The van der Waals surface area contributed by atoms with Crippen LogP contribution in [0.2, 0.25) is 0 Å². The topological polar surface area (TPSA) is 80.8 Å². The number of fused-ring (bicyclic) bond motifs is 1. The van der Waals surface area contributed by atoms with Crippen LogP contribution in [0.4, 0.5) is 0 Å². The predicted molar refractivity (Wildman–Crippen MR) is 78.4 cm³/mol. The monoisotopic (exact) mass is 280 g/mol. The molecule has 0 atom stereocenters. The second-order valence-corrected chi connectivity index (χ2v) is 4.37. The molecule has 6 nitrogen and oxygen atoms in total. The van der Waals surface area contributed by atoms with E-state index < -0.39 is 0 Å². The van der Waals surface area contributed by atoms with E-state index in [1.54, 1.807) is 30.6 Å². The molecule has 0 saturated carbocycles. The van der Waals surface area contributed by atoms with Crippen molar-refractivity contribution in [3.63, 3.8) is 0 Å². The van der Waals surface area contributed by atoms with Crippen LogP contribution in [0.3, 0.4) is 0 Å². The van der Waals surface area contributed by atoms with E-state index in [1.807, 2.05) is 18.2 Å². The Kier molecular flexibility index (Phi) is 3.42. The quantitative estimate of drug-likeness (QED) is 0.744. The summed E-state index contributed by atoms with van der Waals surface area (Å²) in [6.07, 6.45) is 7.02. The number of rotatable bonds is 3. The van der Waals surface area contributed by atoms with Crippen LogP contribution in [0.5, 0.6) is 0 Å². The summed E-state index contributed by atoms with van der Waals surface area (Å²) in [5.41, 5.74) is 3.01. The molecule has 2 aromatic heterocycles. The van der Waals surface area contributed by atoms with Crippen LogP contribution < -0.4 is 0 Å². The Morgan fingerprint density at radius 1 is 1.24 bits per heavy atom. The molecule has 6 heteroatoms. The lowest BCUT2D eigenvalue weighted by Crippen LogP contribution is -2.00. The van der Waals surface area contributed by atoms with Crippen LogP contribution in [0.15, 0.2) is 36.7 Å². The summed E-state index contributed by atoms with van der Waals surface area (Å²) in [6.45, 7) is 0. The Labute approximate surface area is 120 Å². The summed E-state index contributed by atoms with van der Waals surface area (Å²) in [5, 5.41) is 15.5. The number of nitrogens with zero attached hydrogens (tertiary/aromatic N) is 3. The molecule has 0 saturated heterocycles. The van der Waals surface area contributed by atoms with E-state index in [0.717, 1.165) is 22.2 Å². The van der Waals surface area contributed by atoms with Gasteiger partial charge in [-0.1, -0.05) is 6.08 Å². The van der Waals surface area contributed by atoms with E-state index in [2.05, 4.69) is 20.4 Å². The van der Waals surface area contributed by atoms with Gasteiger partial charge in [0.1, 0.15) is 0 Å². The minimum Gasteiger partial charge on any atom is -0.465 e. The van der Waals surface area contributed by atoms with E-state index >= 15 is 0 Å². The Balaban J connectivity index is 1.99. The Morgan fingerprint density at radius 3 is 2.90 bits per heavy atom. The maximum atomic E-state index is 11.6. The number of hydrogen-bond acceptors (Lipinski definition) is 5. The smallest absolute Gasteiger partial charge is 0.337 e. The van der Waals surface area contributed by atoms with Crippen molar-refractivity contribution in [3.05, 3.63) is 53.5 Å². The lowest BCUT2D eigenvalue weighted by Gasteiger charge is -1.98. The van der Waals surface area contributed by atoms with Crippen LogP contribution >= 0.6 is 0 Å². The Hall–Kier alpha value is -3.02.